The molecule has 0 radical (unpaired) electrons. The van der Waals surface area contributed by atoms with E-state index in [1.165, 1.54) is 19.3 Å². The smallest absolute Gasteiger partial charge is 0.258 e. The van der Waals surface area contributed by atoms with E-state index in [9.17, 15) is 9.59 Å². The van der Waals surface area contributed by atoms with E-state index < -0.39 is 0 Å². The SMILES string of the molecule is CCCCCCOc1ccc(C(=O)Nc2cccc(C(=O)N(C)c3ccccc3)c2)cc1. The van der Waals surface area contributed by atoms with Crippen molar-refractivity contribution in [3.8, 4) is 5.75 Å². The third-order valence-corrected chi connectivity index (χ3v) is 5.20. The molecule has 5 nitrogen and oxygen atoms in total. The molecule has 0 aromatic heterocycles. The Kier molecular flexibility index (Phi) is 8.44. The Labute approximate surface area is 190 Å². The summed E-state index contributed by atoms with van der Waals surface area (Å²) < 4.78 is 5.73. The largest absolute Gasteiger partial charge is 0.494 e. The zero-order chi connectivity index (χ0) is 22.8. The molecular formula is C27H30N2O3. The van der Waals surface area contributed by atoms with Crippen molar-refractivity contribution in [1.82, 2.24) is 0 Å². The number of hydrogen-bond donors (Lipinski definition) is 1. The molecule has 3 aromatic rings. The van der Waals surface area contributed by atoms with Gasteiger partial charge in [0.15, 0.2) is 0 Å². The molecule has 0 aliphatic carbocycles. The Morgan fingerprint density at radius 3 is 2.31 bits per heavy atom. The highest BCUT2D eigenvalue weighted by atomic mass is 16.5. The number of unbranched alkanes of at least 4 members (excludes halogenated alkanes) is 3. The summed E-state index contributed by atoms with van der Waals surface area (Å²) >= 11 is 0. The fraction of sp³-hybridized carbons (Fsp3) is 0.259. The summed E-state index contributed by atoms with van der Waals surface area (Å²) in [5, 5.41) is 2.87. The molecule has 0 aliphatic rings. The molecule has 0 spiro atoms. The summed E-state index contributed by atoms with van der Waals surface area (Å²) in [7, 11) is 1.73. The molecule has 5 heteroatoms. The Bertz CT molecular complexity index is 1020. The highest BCUT2D eigenvalue weighted by Crippen LogP contribution is 2.19. The molecule has 2 amide bonds. The van der Waals surface area contributed by atoms with Crippen molar-refractivity contribution in [3.63, 3.8) is 0 Å². The summed E-state index contributed by atoms with van der Waals surface area (Å²) in [6.07, 6.45) is 4.62. The molecule has 0 unspecified atom stereocenters. The van der Waals surface area contributed by atoms with Gasteiger partial charge in [0.1, 0.15) is 5.75 Å². The molecule has 166 valence electrons. The molecule has 0 atom stereocenters. The Morgan fingerprint density at radius 1 is 0.844 bits per heavy atom. The maximum absolute atomic E-state index is 12.8. The van der Waals surface area contributed by atoms with Gasteiger partial charge in [0.2, 0.25) is 0 Å². The topological polar surface area (TPSA) is 58.6 Å². The lowest BCUT2D eigenvalue weighted by molar-refractivity contribution is 0.0990. The summed E-state index contributed by atoms with van der Waals surface area (Å²) in [5.41, 5.74) is 2.40. The first-order valence-electron chi connectivity index (χ1n) is 11.1. The van der Waals surface area contributed by atoms with Crippen LogP contribution in [-0.4, -0.2) is 25.5 Å². The van der Waals surface area contributed by atoms with Gasteiger partial charge in [0, 0.05) is 29.5 Å². The molecular weight excluding hydrogens is 400 g/mol. The highest BCUT2D eigenvalue weighted by molar-refractivity contribution is 6.08. The first kappa shape index (κ1) is 23.1. The van der Waals surface area contributed by atoms with Gasteiger partial charge in [-0.1, -0.05) is 50.5 Å². The van der Waals surface area contributed by atoms with Crippen molar-refractivity contribution in [2.45, 2.75) is 32.6 Å². The van der Waals surface area contributed by atoms with Crippen LogP contribution in [0.15, 0.2) is 78.9 Å². The molecule has 0 heterocycles. The number of rotatable bonds is 10. The van der Waals surface area contributed by atoms with Crippen LogP contribution in [-0.2, 0) is 0 Å². The Hall–Kier alpha value is -3.60. The van der Waals surface area contributed by atoms with Crippen LogP contribution in [0.1, 0.15) is 53.3 Å². The number of nitrogens with one attached hydrogen (secondary N) is 1. The lowest BCUT2D eigenvalue weighted by Gasteiger charge is -2.17. The molecule has 0 fully saturated rings. The minimum atomic E-state index is -0.236. The molecule has 32 heavy (non-hydrogen) atoms. The Balaban J connectivity index is 1.59. The zero-order valence-electron chi connectivity index (χ0n) is 18.7. The van der Waals surface area contributed by atoms with Gasteiger partial charge in [0.25, 0.3) is 11.8 Å². The van der Waals surface area contributed by atoms with Crippen molar-refractivity contribution in [2.24, 2.45) is 0 Å². The van der Waals surface area contributed by atoms with Gasteiger partial charge in [-0.05, 0) is 61.0 Å². The summed E-state index contributed by atoms with van der Waals surface area (Å²) in [5.74, 6) is 0.378. The normalized spacial score (nSPS) is 10.4. The van der Waals surface area contributed by atoms with Gasteiger partial charge in [0.05, 0.1) is 6.61 Å². The van der Waals surface area contributed by atoms with E-state index in [4.69, 9.17) is 4.74 Å². The first-order valence-corrected chi connectivity index (χ1v) is 11.1. The molecule has 3 rings (SSSR count). The van der Waals surface area contributed by atoms with E-state index in [2.05, 4.69) is 12.2 Å². The van der Waals surface area contributed by atoms with Gasteiger partial charge in [-0.15, -0.1) is 0 Å². The van der Waals surface area contributed by atoms with Crippen LogP contribution in [0.3, 0.4) is 0 Å². The fourth-order valence-corrected chi connectivity index (χ4v) is 3.32. The number of carbonyl (C=O) groups excluding carboxylic acids is 2. The lowest BCUT2D eigenvalue weighted by Crippen LogP contribution is -2.26. The predicted octanol–water partition coefficient (Wildman–Crippen LogP) is 6.17. The fourth-order valence-electron chi connectivity index (χ4n) is 3.32. The average Bonchev–Trinajstić information content (AvgIpc) is 2.84. The van der Waals surface area contributed by atoms with Gasteiger partial charge in [-0.3, -0.25) is 9.59 Å². The molecule has 1 N–H and O–H groups in total. The third-order valence-electron chi connectivity index (χ3n) is 5.20. The predicted molar refractivity (Wildman–Crippen MR) is 130 cm³/mol. The van der Waals surface area contributed by atoms with Crippen LogP contribution in [0.2, 0.25) is 0 Å². The lowest BCUT2D eigenvalue weighted by atomic mass is 10.1. The van der Waals surface area contributed by atoms with E-state index in [1.807, 2.05) is 42.5 Å². The van der Waals surface area contributed by atoms with Gasteiger partial charge >= 0.3 is 0 Å². The van der Waals surface area contributed by atoms with Crippen LogP contribution in [0.5, 0.6) is 5.75 Å². The van der Waals surface area contributed by atoms with Crippen LogP contribution < -0.4 is 15.0 Å². The van der Waals surface area contributed by atoms with Crippen molar-refractivity contribution < 1.29 is 14.3 Å². The second kappa shape index (κ2) is 11.7. The van der Waals surface area contributed by atoms with E-state index >= 15 is 0 Å². The van der Waals surface area contributed by atoms with Crippen LogP contribution in [0.25, 0.3) is 0 Å². The monoisotopic (exact) mass is 430 g/mol. The summed E-state index contributed by atoms with van der Waals surface area (Å²) in [4.78, 5) is 27.1. The van der Waals surface area contributed by atoms with E-state index in [1.54, 1.807) is 48.3 Å². The van der Waals surface area contributed by atoms with Crippen molar-refractivity contribution in [3.05, 3.63) is 90.0 Å². The van der Waals surface area contributed by atoms with Crippen molar-refractivity contribution in [1.29, 1.82) is 0 Å². The number of carbonyl (C=O) groups is 2. The molecule has 0 saturated heterocycles. The van der Waals surface area contributed by atoms with E-state index in [-0.39, 0.29) is 11.8 Å². The summed E-state index contributed by atoms with van der Waals surface area (Å²) in [6.45, 7) is 2.87. The van der Waals surface area contributed by atoms with Crippen molar-refractivity contribution >= 4 is 23.2 Å². The number of para-hydroxylation sites is 1. The van der Waals surface area contributed by atoms with Crippen LogP contribution in [0.4, 0.5) is 11.4 Å². The minimum Gasteiger partial charge on any atom is -0.494 e. The molecule has 0 saturated carbocycles. The van der Waals surface area contributed by atoms with Crippen LogP contribution >= 0.6 is 0 Å². The van der Waals surface area contributed by atoms with Gasteiger partial charge < -0.3 is 15.0 Å². The second-order valence-corrected chi connectivity index (χ2v) is 7.67. The number of hydrogen-bond acceptors (Lipinski definition) is 3. The van der Waals surface area contributed by atoms with Crippen molar-refractivity contribution in [2.75, 3.05) is 23.9 Å². The first-order chi connectivity index (χ1) is 15.6. The average molecular weight is 431 g/mol. The maximum Gasteiger partial charge on any atom is 0.258 e. The van der Waals surface area contributed by atoms with E-state index in [0.717, 1.165) is 17.9 Å². The summed E-state index contributed by atoms with van der Waals surface area (Å²) in [6, 6.07) is 23.5. The van der Waals surface area contributed by atoms with E-state index in [0.29, 0.717) is 23.4 Å². The second-order valence-electron chi connectivity index (χ2n) is 7.67. The van der Waals surface area contributed by atoms with Gasteiger partial charge in [-0.2, -0.15) is 0 Å². The number of nitrogens with zero attached hydrogens (tertiary/aromatic N) is 1. The standard InChI is InChI=1S/C27H30N2O3/c1-3-4-5-9-19-32-25-17-15-21(16-18-25)26(30)28-23-12-10-11-22(20-23)27(31)29(2)24-13-7-6-8-14-24/h6-8,10-18,20H,3-5,9,19H2,1-2H3,(H,28,30). The highest BCUT2D eigenvalue weighted by Gasteiger charge is 2.14. The number of benzene rings is 3. The van der Waals surface area contributed by atoms with Crippen LogP contribution in [0, 0.1) is 0 Å². The minimum absolute atomic E-state index is 0.146. The number of anilines is 2. The molecule has 0 aliphatic heterocycles. The maximum atomic E-state index is 12.8. The Morgan fingerprint density at radius 2 is 1.59 bits per heavy atom. The molecule has 3 aromatic carbocycles. The molecule has 0 bridgehead atoms. The zero-order valence-corrected chi connectivity index (χ0v) is 18.7. The number of amides is 2. The number of ether oxygens (including phenoxy) is 1. The quantitative estimate of drug-likeness (QED) is 0.391. The van der Waals surface area contributed by atoms with Gasteiger partial charge in [-0.25, -0.2) is 0 Å². The third kappa shape index (κ3) is 6.45.